The maximum Gasteiger partial charge on any atom is 0.0971 e. The molecule has 100 valence electrons. The van der Waals surface area contributed by atoms with Crippen LogP contribution in [0, 0.1) is 6.92 Å². The quantitative estimate of drug-likeness (QED) is 0.488. The number of fused-ring (bicyclic) bond motifs is 3. The minimum absolute atomic E-state index is 0.924. The van der Waals surface area contributed by atoms with Gasteiger partial charge in [-0.15, -0.1) is 0 Å². The van der Waals surface area contributed by atoms with E-state index in [0.717, 1.165) is 38.6 Å². The summed E-state index contributed by atoms with van der Waals surface area (Å²) in [5.74, 6) is 0. The zero-order valence-corrected chi connectivity index (χ0v) is 11.6. The molecule has 0 aliphatic carbocycles. The van der Waals surface area contributed by atoms with Gasteiger partial charge >= 0.3 is 0 Å². The number of rotatable bonds is 1. The summed E-state index contributed by atoms with van der Waals surface area (Å²) in [5.41, 5.74) is 5.07. The predicted octanol–water partition coefficient (Wildman–Crippen LogP) is 4.15. The fourth-order valence-electron chi connectivity index (χ4n) is 2.62. The first-order chi connectivity index (χ1) is 10.3. The maximum absolute atomic E-state index is 4.56. The average Bonchev–Trinajstić information content (AvgIpc) is 2.55. The van der Waals surface area contributed by atoms with Crippen LogP contribution in [0.25, 0.3) is 33.1 Å². The van der Waals surface area contributed by atoms with Crippen LogP contribution in [0.15, 0.2) is 61.1 Å². The van der Waals surface area contributed by atoms with Crippen molar-refractivity contribution in [3.05, 3.63) is 66.6 Å². The van der Waals surface area contributed by atoms with Crippen molar-refractivity contribution in [1.29, 1.82) is 0 Å². The van der Waals surface area contributed by atoms with Crippen LogP contribution in [0.1, 0.15) is 5.56 Å². The third kappa shape index (κ3) is 1.94. The lowest BCUT2D eigenvalue weighted by molar-refractivity contribution is 1.27. The summed E-state index contributed by atoms with van der Waals surface area (Å²) in [4.78, 5) is 13.6. The molecule has 0 N–H and O–H groups in total. The fraction of sp³-hybridized carbons (Fsp3) is 0.0556. The van der Waals surface area contributed by atoms with Gasteiger partial charge in [0.2, 0.25) is 0 Å². The Balaban J connectivity index is 2.13. The molecule has 3 nitrogen and oxygen atoms in total. The lowest BCUT2D eigenvalue weighted by Gasteiger charge is -2.09. The van der Waals surface area contributed by atoms with Gasteiger partial charge in [-0.3, -0.25) is 15.0 Å². The van der Waals surface area contributed by atoms with E-state index in [1.54, 1.807) is 6.20 Å². The van der Waals surface area contributed by atoms with Crippen LogP contribution in [-0.2, 0) is 0 Å². The molecule has 0 radical (unpaired) electrons. The maximum atomic E-state index is 4.56. The van der Waals surface area contributed by atoms with Gasteiger partial charge in [0.05, 0.1) is 16.7 Å². The van der Waals surface area contributed by atoms with Crippen molar-refractivity contribution >= 4 is 21.8 Å². The molecule has 4 rings (SSSR count). The van der Waals surface area contributed by atoms with Crippen LogP contribution >= 0.6 is 0 Å². The number of aryl methyl sites for hydroxylation is 1. The molecule has 0 unspecified atom stereocenters. The van der Waals surface area contributed by atoms with Gasteiger partial charge in [0.25, 0.3) is 0 Å². The topological polar surface area (TPSA) is 38.7 Å². The summed E-state index contributed by atoms with van der Waals surface area (Å²) in [6.07, 6.45) is 5.51. The fourth-order valence-corrected chi connectivity index (χ4v) is 2.62. The van der Waals surface area contributed by atoms with Crippen molar-refractivity contribution in [2.24, 2.45) is 0 Å². The first-order valence-electron chi connectivity index (χ1n) is 6.88. The van der Waals surface area contributed by atoms with Gasteiger partial charge in [-0.2, -0.15) is 0 Å². The van der Waals surface area contributed by atoms with Crippen molar-refractivity contribution < 1.29 is 0 Å². The van der Waals surface area contributed by atoms with E-state index < -0.39 is 0 Å². The lowest BCUT2D eigenvalue weighted by Crippen LogP contribution is -1.90. The van der Waals surface area contributed by atoms with E-state index in [2.05, 4.69) is 45.3 Å². The van der Waals surface area contributed by atoms with Gasteiger partial charge < -0.3 is 0 Å². The van der Waals surface area contributed by atoms with Gasteiger partial charge in [0, 0.05) is 34.9 Å². The molecule has 21 heavy (non-hydrogen) atoms. The van der Waals surface area contributed by atoms with Crippen molar-refractivity contribution in [3.8, 4) is 11.3 Å². The molecule has 3 aromatic heterocycles. The molecule has 0 amide bonds. The molecule has 0 saturated heterocycles. The summed E-state index contributed by atoms with van der Waals surface area (Å²) in [7, 11) is 0. The summed E-state index contributed by atoms with van der Waals surface area (Å²) in [6.45, 7) is 2.04. The zero-order valence-electron chi connectivity index (χ0n) is 11.6. The summed E-state index contributed by atoms with van der Waals surface area (Å²) < 4.78 is 0. The Morgan fingerprint density at radius 3 is 2.43 bits per heavy atom. The molecule has 3 heteroatoms. The monoisotopic (exact) mass is 271 g/mol. The van der Waals surface area contributed by atoms with E-state index in [4.69, 9.17) is 0 Å². The van der Waals surface area contributed by atoms with Crippen molar-refractivity contribution in [3.63, 3.8) is 0 Å². The van der Waals surface area contributed by atoms with E-state index in [9.17, 15) is 0 Å². The second kappa shape index (κ2) is 4.63. The van der Waals surface area contributed by atoms with E-state index in [-0.39, 0.29) is 0 Å². The Morgan fingerprint density at radius 1 is 0.810 bits per heavy atom. The Kier molecular flexibility index (Phi) is 2.64. The molecule has 3 heterocycles. The van der Waals surface area contributed by atoms with Crippen LogP contribution in [0.4, 0.5) is 0 Å². The van der Waals surface area contributed by atoms with Crippen molar-refractivity contribution in [2.45, 2.75) is 6.92 Å². The molecule has 1 aromatic carbocycles. The van der Waals surface area contributed by atoms with E-state index in [0.29, 0.717) is 0 Å². The summed E-state index contributed by atoms with van der Waals surface area (Å²) in [6, 6.07) is 14.3. The Morgan fingerprint density at radius 2 is 1.62 bits per heavy atom. The van der Waals surface area contributed by atoms with E-state index >= 15 is 0 Å². The smallest absolute Gasteiger partial charge is 0.0971 e. The molecule has 0 spiro atoms. The van der Waals surface area contributed by atoms with E-state index in [1.807, 2.05) is 31.5 Å². The predicted molar refractivity (Wildman–Crippen MR) is 85.0 cm³/mol. The summed E-state index contributed by atoms with van der Waals surface area (Å²) >= 11 is 0. The Hall–Kier alpha value is -2.81. The van der Waals surface area contributed by atoms with Gasteiger partial charge in [0.1, 0.15) is 0 Å². The van der Waals surface area contributed by atoms with Gasteiger partial charge in [-0.25, -0.2) is 0 Å². The molecule has 0 saturated carbocycles. The minimum atomic E-state index is 0.924. The Bertz CT molecular complexity index is 943. The summed E-state index contributed by atoms with van der Waals surface area (Å²) in [5, 5.41) is 2.17. The molecule has 0 atom stereocenters. The van der Waals surface area contributed by atoms with Crippen LogP contribution in [0.3, 0.4) is 0 Å². The highest BCUT2D eigenvalue weighted by molar-refractivity contribution is 6.09. The highest BCUT2D eigenvalue weighted by Crippen LogP contribution is 2.31. The molecule has 0 aliphatic heterocycles. The number of hydrogen-bond donors (Lipinski definition) is 0. The first kappa shape index (κ1) is 12.0. The standard InChI is InChI=1S/C18H13N3/c1-12-6-7-16(21-11-12)15-10-13-4-2-8-19-17(13)18-14(15)5-3-9-20-18/h2-11H,1H3. The minimum Gasteiger partial charge on any atom is -0.256 e. The molecular weight excluding hydrogens is 258 g/mol. The number of nitrogens with zero attached hydrogens (tertiary/aromatic N) is 3. The molecule has 0 bridgehead atoms. The lowest BCUT2D eigenvalue weighted by atomic mass is 10.0. The van der Waals surface area contributed by atoms with Gasteiger partial charge in [-0.1, -0.05) is 18.2 Å². The highest BCUT2D eigenvalue weighted by atomic mass is 14.7. The van der Waals surface area contributed by atoms with Crippen LogP contribution in [0.5, 0.6) is 0 Å². The van der Waals surface area contributed by atoms with Crippen molar-refractivity contribution in [1.82, 2.24) is 15.0 Å². The Labute approximate surface area is 122 Å². The third-order valence-electron chi connectivity index (χ3n) is 3.65. The largest absolute Gasteiger partial charge is 0.256 e. The van der Waals surface area contributed by atoms with Crippen molar-refractivity contribution in [2.75, 3.05) is 0 Å². The van der Waals surface area contributed by atoms with Gasteiger partial charge in [-0.05, 0) is 36.8 Å². The molecular formula is C18H13N3. The number of benzene rings is 1. The van der Waals surface area contributed by atoms with Crippen LogP contribution in [-0.4, -0.2) is 15.0 Å². The normalized spacial score (nSPS) is 11.1. The SMILES string of the molecule is Cc1ccc(-c2cc3cccnc3c3ncccc23)nc1. The first-order valence-corrected chi connectivity index (χ1v) is 6.88. The second-order valence-electron chi connectivity index (χ2n) is 5.12. The third-order valence-corrected chi connectivity index (χ3v) is 3.65. The highest BCUT2D eigenvalue weighted by Gasteiger charge is 2.10. The molecule has 0 aliphatic rings. The van der Waals surface area contributed by atoms with Gasteiger partial charge in [0.15, 0.2) is 0 Å². The molecule has 4 aromatic rings. The number of aromatic nitrogens is 3. The van der Waals surface area contributed by atoms with Crippen LogP contribution < -0.4 is 0 Å². The second-order valence-corrected chi connectivity index (χ2v) is 5.12. The number of pyridine rings is 3. The van der Waals surface area contributed by atoms with E-state index in [1.165, 1.54) is 0 Å². The molecule has 0 fully saturated rings. The average molecular weight is 271 g/mol. The van der Waals surface area contributed by atoms with Crippen LogP contribution in [0.2, 0.25) is 0 Å². The zero-order chi connectivity index (χ0) is 14.2. The number of hydrogen-bond acceptors (Lipinski definition) is 3.